The van der Waals surface area contributed by atoms with Gasteiger partial charge in [-0.1, -0.05) is 50.3 Å². The molecule has 1 aliphatic heterocycles. The van der Waals surface area contributed by atoms with Crippen molar-refractivity contribution in [2.45, 2.75) is 70.5 Å². The minimum absolute atomic E-state index is 0.0761. The molecule has 2 aliphatic rings. The van der Waals surface area contributed by atoms with Gasteiger partial charge in [-0.3, -0.25) is 4.79 Å². The quantitative estimate of drug-likeness (QED) is 0.468. The number of amides is 1. The van der Waals surface area contributed by atoms with Crippen molar-refractivity contribution in [1.82, 2.24) is 4.90 Å². The first-order valence-electron chi connectivity index (χ1n) is 8.16. The van der Waals surface area contributed by atoms with Gasteiger partial charge in [0, 0.05) is 23.8 Å². The van der Waals surface area contributed by atoms with Crippen LogP contribution in [0.3, 0.4) is 0 Å². The van der Waals surface area contributed by atoms with Gasteiger partial charge in [0.15, 0.2) is 0 Å². The van der Waals surface area contributed by atoms with E-state index >= 15 is 0 Å². The first kappa shape index (κ1) is 16.5. The van der Waals surface area contributed by atoms with Gasteiger partial charge in [0.05, 0.1) is 0 Å². The summed E-state index contributed by atoms with van der Waals surface area (Å²) in [4.78, 5) is 15.0. The Labute approximate surface area is 133 Å². The second-order valence-electron chi connectivity index (χ2n) is 6.92. The molecule has 1 unspecified atom stereocenters. The van der Waals surface area contributed by atoms with Crippen LogP contribution in [-0.2, 0) is 4.79 Å². The number of carbonyl (C=O) groups excluding carboxylic acids is 1. The van der Waals surface area contributed by atoms with Crippen molar-refractivity contribution in [3.63, 3.8) is 0 Å². The highest BCUT2D eigenvalue weighted by Gasteiger charge is 2.38. The van der Waals surface area contributed by atoms with Crippen LogP contribution in [-0.4, -0.2) is 29.1 Å². The van der Waals surface area contributed by atoms with Crippen LogP contribution in [0.1, 0.15) is 65.2 Å². The Hall–Kier alpha value is 0.170. The fourth-order valence-electron chi connectivity index (χ4n) is 3.76. The molecule has 0 N–H and O–H groups in total. The van der Waals surface area contributed by atoms with E-state index in [1.165, 1.54) is 25.7 Å². The summed E-state index contributed by atoms with van der Waals surface area (Å²) in [6, 6.07) is 0. The summed E-state index contributed by atoms with van der Waals surface area (Å²) in [6.07, 6.45) is 9.55. The van der Waals surface area contributed by atoms with Crippen molar-refractivity contribution < 1.29 is 4.79 Å². The second kappa shape index (κ2) is 7.44. The van der Waals surface area contributed by atoms with Gasteiger partial charge in [0.2, 0.25) is 5.91 Å². The molecule has 1 aliphatic carbocycles. The molecule has 0 aromatic heterocycles. The van der Waals surface area contributed by atoms with E-state index in [9.17, 15) is 4.79 Å². The molecule has 4 heteroatoms. The molecule has 2 rings (SSSR count). The van der Waals surface area contributed by atoms with Crippen LogP contribution in [0.2, 0.25) is 0 Å². The average Bonchev–Trinajstić information content (AvgIpc) is 2.71. The normalized spacial score (nSPS) is 26.1. The van der Waals surface area contributed by atoms with Crippen molar-refractivity contribution >= 4 is 28.4 Å². The van der Waals surface area contributed by atoms with Gasteiger partial charge in [-0.05, 0) is 31.6 Å². The lowest BCUT2D eigenvalue weighted by Crippen LogP contribution is -2.47. The number of thiol groups is 1. The van der Waals surface area contributed by atoms with E-state index < -0.39 is 0 Å². The van der Waals surface area contributed by atoms with E-state index in [0.717, 1.165) is 44.7 Å². The van der Waals surface area contributed by atoms with E-state index in [1.54, 1.807) is 10.8 Å². The standard InChI is InChI=1S/C16H29NOS2/c1-13(20-19)14-7-11-17(12-8-14)15(18)16(2)9-5-3-4-6-10-16/h13-14,19H,3-12H2,1-2H3. The number of hydrogen-bond donors (Lipinski definition) is 1. The van der Waals surface area contributed by atoms with E-state index in [1.807, 2.05) is 0 Å². The molecule has 2 nitrogen and oxygen atoms in total. The maximum Gasteiger partial charge on any atom is 0.228 e. The van der Waals surface area contributed by atoms with Gasteiger partial charge >= 0.3 is 0 Å². The van der Waals surface area contributed by atoms with Crippen molar-refractivity contribution in [3.8, 4) is 0 Å². The zero-order chi connectivity index (χ0) is 14.6. The molecule has 1 amide bonds. The molecule has 20 heavy (non-hydrogen) atoms. The van der Waals surface area contributed by atoms with E-state index in [4.69, 9.17) is 0 Å². The van der Waals surface area contributed by atoms with Crippen LogP contribution in [0.25, 0.3) is 0 Å². The fraction of sp³-hybridized carbons (Fsp3) is 0.938. The lowest BCUT2D eigenvalue weighted by atomic mass is 9.80. The van der Waals surface area contributed by atoms with Crippen LogP contribution in [0, 0.1) is 11.3 Å². The zero-order valence-electron chi connectivity index (χ0n) is 12.9. The average molecular weight is 316 g/mol. The Kier molecular flexibility index (Phi) is 6.15. The van der Waals surface area contributed by atoms with Crippen LogP contribution < -0.4 is 0 Å². The minimum atomic E-state index is -0.0761. The Bertz CT molecular complexity index is 318. The molecule has 2 fully saturated rings. The van der Waals surface area contributed by atoms with E-state index in [0.29, 0.717) is 11.2 Å². The molecule has 0 radical (unpaired) electrons. The predicted octanol–water partition coefficient (Wildman–Crippen LogP) is 4.55. The number of piperidine rings is 1. The molecule has 116 valence electrons. The highest BCUT2D eigenvalue weighted by Crippen LogP contribution is 2.38. The summed E-state index contributed by atoms with van der Waals surface area (Å²) in [5, 5.41) is 0.601. The van der Waals surface area contributed by atoms with E-state index in [2.05, 4.69) is 30.4 Å². The third-order valence-corrected chi connectivity index (χ3v) is 7.10. The monoisotopic (exact) mass is 315 g/mol. The van der Waals surface area contributed by atoms with Crippen molar-refractivity contribution in [3.05, 3.63) is 0 Å². The molecule has 1 heterocycles. The van der Waals surface area contributed by atoms with E-state index in [-0.39, 0.29) is 5.41 Å². The molecule has 0 bridgehead atoms. The number of likely N-dealkylation sites (tertiary alicyclic amines) is 1. The number of rotatable bonds is 3. The largest absolute Gasteiger partial charge is 0.342 e. The maximum atomic E-state index is 12.9. The number of carbonyl (C=O) groups is 1. The summed E-state index contributed by atoms with van der Waals surface area (Å²) in [7, 11) is 1.66. The van der Waals surface area contributed by atoms with Crippen LogP contribution >= 0.6 is 22.5 Å². The zero-order valence-corrected chi connectivity index (χ0v) is 14.6. The van der Waals surface area contributed by atoms with Crippen molar-refractivity contribution in [2.75, 3.05) is 13.1 Å². The summed E-state index contributed by atoms with van der Waals surface area (Å²) in [6.45, 7) is 6.38. The van der Waals surface area contributed by atoms with Gasteiger partial charge in [0.1, 0.15) is 0 Å². The SMILES string of the molecule is CC(SS)C1CCN(C(=O)C2(C)CCCCCC2)CC1. The van der Waals surface area contributed by atoms with Gasteiger partial charge in [0.25, 0.3) is 0 Å². The smallest absolute Gasteiger partial charge is 0.228 e. The lowest BCUT2D eigenvalue weighted by molar-refractivity contribution is -0.143. The van der Waals surface area contributed by atoms with Gasteiger partial charge < -0.3 is 4.90 Å². The summed E-state index contributed by atoms with van der Waals surface area (Å²) < 4.78 is 0. The lowest BCUT2D eigenvalue weighted by Gasteiger charge is -2.39. The van der Waals surface area contributed by atoms with Crippen LogP contribution in [0.5, 0.6) is 0 Å². The Morgan fingerprint density at radius 1 is 1.20 bits per heavy atom. The number of nitrogens with zero attached hydrogens (tertiary/aromatic N) is 1. The molecular weight excluding hydrogens is 286 g/mol. The first-order valence-corrected chi connectivity index (χ1v) is 10.1. The van der Waals surface area contributed by atoms with Crippen LogP contribution in [0.4, 0.5) is 0 Å². The fourth-order valence-corrected chi connectivity index (χ4v) is 4.72. The first-order chi connectivity index (χ1) is 9.57. The molecule has 1 saturated heterocycles. The van der Waals surface area contributed by atoms with Crippen LogP contribution in [0.15, 0.2) is 0 Å². The molecule has 0 aromatic rings. The molecule has 1 saturated carbocycles. The topological polar surface area (TPSA) is 20.3 Å². The third kappa shape index (κ3) is 3.88. The molecule has 0 spiro atoms. The summed E-state index contributed by atoms with van der Waals surface area (Å²) in [5.74, 6) is 1.16. The molecule has 1 atom stereocenters. The summed E-state index contributed by atoms with van der Waals surface area (Å²) >= 11 is 4.33. The van der Waals surface area contributed by atoms with Gasteiger partial charge in [-0.2, -0.15) is 0 Å². The van der Waals surface area contributed by atoms with Gasteiger partial charge in [-0.15, -0.1) is 11.7 Å². The van der Waals surface area contributed by atoms with Crippen molar-refractivity contribution in [1.29, 1.82) is 0 Å². The summed E-state index contributed by atoms with van der Waals surface area (Å²) in [5.41, 5.74) is -0.0761. The predicted molar refractivity (Wildman–Crippen MR) is 91.2 cm³/mol. The second-order valence-corrected chi connectivity index (χ2v) is 8.50. The molecule has 0 aromatic carbocycles. The van der Waals surface area contributed by atoms with Gasteiger partial charge in [-0.25, -0.2) is 0 Å². The highest BCUT2D eigenvalue weighted by molar-refractivity contribution is 8.68. The Balaban J connectivity index is 1.90. The highest BCUT2D eigenvalue weighted by atomic mass is 33.1. The molecular formula is C16H29NOS2. The maximum absolute atomic E-state index is 12.9. The minimum Gasteiger partial charge on any atom is -0.342 e. The third-order valence-electron chi connectivity index (χ3n) is 5.38. The Morgan fingerprint density at radius 2 is 1.75 bits per heavy atom. The Morgan fingerprint density at radius 3 is 2.25 bits per heavy atom. The number of hydrogen-bond acceptors (Lipinski definition) is 3. The van der Waals surface area contributed by atoms with Crippen molar-refractivity contribution in [2.24, 2.45) is 11.3 Å².